The van der Waals surface area contributed by atoms with Crippen molar-refractivity contribution in [3.63, 3.8) is 0 Å². The number of hydrogen-bond acceptors (Lipinski definition) is 3. The molecule has 0 spiro atoms. The zero-order chi connectivity index (χ0) is 11.6. The minimum absolute atomic E-state index is 0.0317. The maximum Gasteiger partial charge on any atom is 0.261 e. The highest BCUT2D eigenvalue weighted by Gasteiger charge is 2.12. The van der Waals surface area contributed by atoms with Gasteiger partial charge in [-0.25, -0.2) is 12.8 Å². The average Bonchev–Trinajstić information content (AvgIpc) is 2.06. The number of nitrogens with one attached hydrogen (secondary N) is 1. The smallest absolute Gasteiger partial charge is 0.261 e. The predicted molar refractivity (Wildman–Crippen MR) is 57.9 cm³/mol. The van der Waals surface area contributed by atoms with E-state index in [9.17, 15) is 12.8 Å². The van der Waals surface area contributed by atoms with Gasteiger partial charge in [-0.15, -0.1) is 0 Å². The molecule has 0 aliphatic heterocycles. The molecule has 0 saturated heterocycles. The molecule has 15 heavy (non-hydrogen) atoms. The molecule has 0 bridgehead atoms. The highest BCUT2D eigenvalue weighted by Crippen LogP contribution is 2.22. The molecule has 3 nitrogen and oxygen atoms in total. The number of hydrogen-bond donors (Lipinski definition) is 1. The number of allylic oxidation sites excluding steroid dienone is 1. The Morgan fingerprint density at radius 1 is 1.53 bits per heavy atom. The van der Waals surface area contributed by atoms with Crippen molar-refractivity contribution in [3.8, 4) is 0 Å². The van der Waals surface area contributed by atoms with E-state index in [1.54, 1.807) is 6.92 Å². The normalized spacial score (nSPS) is 11.1. The number of benzene rings is 1. The third-order valence-electron chi connectivity index (χ3n) is 1.57. The van der Waals surface area contributed by atoms with Gasteiger partial charge < -0.3 is 5.32 Å². The van der Waals surface area contributed by atoms with Gasteiger partial charge in [-0.3, -0.25) is 0 Å². The van der Waals surface area contributed by atoms with Crippen LogP contribution in [0, 0.1) is 5.82 Å². The van der Waals surface area contributed by atoms with E-state index < -0.39 is 14.9 Å². The van der Waals surface area contributed by atoms with Crippen LogP contribution >= 0.6 is 10.7 Å². The minimum Gasteiger partial charge on any atom is -0.357 e. The highest BCUT2D eigenvalue weighted by atomic mass is 35.7. The van der Waals surface area contributed by atoms with Crippen LogP contribution in [0.5, 0.6) is 0 Å². The summed E-state index contributed by atoms with van der Waals surface area (Å²) in [7, 11) is 1.28. The molecule has 0 amide bonds. The van der Waals surface area contributed by atoms with Gasteiger partial charge in [0, 0.05) is 16.4 Å². The topological polar surface area (TPSA) is 46.2 Å². The molecule has 0 atom stereocenters. The summed E-state index contributed by atoms with van der Waals surface area (Å²) in [6, 6.07) is 3.24. The van der Waals surface area contributed by atoms with Crippen molar-refractivity contribution in [2.45, 2.75) is 11.8 Å². The Bertz CT molecular complexity index is 499. The van der Waals surface area contributed by atoms with Crippen molar-refractivity contribution in [1.29, 1.82) is 0 Å². The third-order valence-corrected chi connectivity index (χ3v) is 2.92. The van der Waals surface area contributed by atoms with Gasteiger partial charge in [-0.1, -0.05) is 6.58 Å². The van der Waals surface area contributed by atoms with Crippen LogP contribution in [0.2, 0.25) is 0 Å². The van der Waals surface area contributed by atoms with Crippen LogP contribution in [0.3, 0.4) is 0 Å². The summed E-state index contributed by atoms with van der Waals surface area (Å²) in [5.74, 6) is -0.568. The van der Waals surface area contributed by atoms with Crippen LogP contribution in [0.15, 0.2) is 35.4 Å². The summed E-state index contributed by atoms with van der Waals surface area (Å²) in [6.07, 6.45) is 0. The van der Waals surface area contributed by atoms with Gasteiger partial charge in [0.2, 0.25) is 0 Å². The molecule has 0 aliphatic rings. The molecular formula is C9H9ClFNO2S. The van der Waals surface area contributed by atoms with Crippen molar-refractivity contribution in [1.82, 2.24) is 0 Å². The van der Waals surface area contributed by atoms with Crippen LogP contribution in [0.25, 0.3) is 0 Å². The lowest BCUT2D eigenvalue weighted by Gasteiger charge is -2.07. The van der Waals surface area contributed by atoms with E-state index in [0.717, 1.165) is 18.2 Å². The quantitative estimate of drug-likeness (QED) is 0.838. The first-order valence-corrected chi connectivity index (χ1v) is 6.28. The second-order valence-corrected chi connectivity index (χ2v) is 5.55. The van der Waals surface area contributed by atoms with Crippen molar-refractivity contribution >= 4 is 25.4 Å². The molecule has 1 aromatic rings. The van der Waals surface area contributed by atoms with Crippen LogP contribution < -0.4 is 5.32 Å². The Kier molecular flexibility index (Phi) is 3.36. The fourth-order valence-electron chi connectivity index (χ4n) is 0.982. The zero-order valence-electron chi connectivity index (χ0n) is 7.92. The predicted octanol–water partition coefficient (Wildman–Crippen LogP) is 2.70. The van der Waals surface area contributed by atoms with E-state index in [4.69, 9.17) is 10.7 Å². The Morgan fingerprint density at radius 3 is 2.60 bits per heavy atom. The molecule has 82 valence electrons. The largest absolute Gasteiger partial charge is 0.357 e. The van der Waals surface area contributed by atoms with Gasteiger partial charge in [-0.05, 0) is 25.1 Å². The first kappa shape index (κ1) is 12.0. The molecule has 0 heterocycles. The summed E-state index contributed by atoms with van der Waals surface area (Å²) in [5, 5.41) is 2.59. The van der Waals surface area contributed by atoms with Gasteiger partial charge in [0.05, 0.1) is 10.6 Å². The molecule has 1 rings (SSSR count). The lowest BCUT2D eigenvalue weighted by atomic mass is 10.3. The highest BCUT2D eigenvalue weighted by molar-refractivity contribution is 8.13. The van der Waals surface area contributed by atoms with E-state index in [1.165, 1.54) is 0 Å². The van der Waals surface area contributed by atoms with E-state index in [-0.39, 0.29) is 10.6 Å². The van der Waals surface area contributed by atoms with Gasteiger partial charge in [0.15, 0.2) is 0 Å². The molecule has 0 fully saturated rings. The minimum atomic E-state index is -3.84. The van der Waals surface area contributed by atoms with Crippen LogP contribution in [0.4, 0.5) is 10.1 Å². The van der Waals surface area contributed by atoms with Gasteiger partial charge in [0.25, 0.3) is 9.05 Å². The van der Waals surface area contributed by atoms with Crippen molar-refractivity contribution < 1.29 is 12.8 Å². The average molecular weight is 250 g/mol. The molecule has 0 aromatic heterocycles. The zero-order valence-corrected chi connectivity index (χ0v) is 9.49. The molecule has 6 heteroatoms. The maximum absolute atomic E-state index is 13.2. The summed E-state index contributed by atoms with van der Waals surface area (Å²) < 4.78 is 35.1. The Hall–Kier alpha value is -1.07. The Labute approximate surface area is 92.0 Å². The Morgan fingerprint density at radius 2 is 2.13 bits per heavy atom. The van der Waals surface area contributed by atoms with Gasteiger partial charge in [-0.2, -0.15) is 0 Å². The second-order valence-electron chi connectivity index (χ2n) is 2.98. The first-order chi connectivity index (χ1) is 6.80. The molecular weight excluding hydrogens is 241 g/mol. The SMILES string of the molecule is C=C(C)Nc1cc(S(=O)(=O)Cl)ccc1F. The summed E-state index contributed by atoms with van der Waals surface area (Å²) in [5.41, 5.74) is 0.530. The second kappa shape index (κ2) is 4.20. The molecule has 0 unspecified atom stereocenters. The molecule has 0 radical (unpaired) electrons. The molecule has 1 aromatic carbocycles. The van der Waals surface area contributed by atoms with Crippen molar-refractivity contribution in [2.24, 2.45) is 0 Å². The number of halogens is 2. The lowest BCUT2D eigenvalue weighted by molar-refractivity contribution is 0.608. The fourth-order valence-corrected chi connectivity index (χ4v) is 1.76. The molecule has 0 aliphatic carbocycles. The Balaban J connectivity index is 3.23. The number of anilines is 1. The maximum atomic E-state index is 13.2. The van der Waals surface area contributed by atoms with Gasteiger partial charge >= 0.3 is 0 Å². The van der Waals surface area contributed by atoms with Crippen LogP contribution in [0.1, 0.15) is 6.92 Å². The van der Waals surface area contributed by atoms with Crippen LogP contribution in [-0.2, 0) is 9.05 Å². The third kappa shape index (κ3) is 3.21. The van der Waals surface area contributed by atoms with E-state index >= 15 is 0 Å². The molecule has 1 N–H and O–H groups in total. The monoisotopic (exact) mass is 249 g/mol. The van der Waals surface area contributed by atoms with Gasteiger partial charge in [0.1, 0.15) is 5.82 Å². The lowest BCUT2D eigenvalue weighted by Crippen LogP contribution is -1.99. The summed E-state index contributed by atoms with van der Waals surface area (Å²) in [6.45, 7) is 5.15. The summed E-state index contributed by atoms with van der Waals surface area (Å²) in [4.78, 5) is -0.158. The van der Waals surface area contributed by atoms with E-state index in [1.807, 2.05) is 0 Å². The molecule has 0 saturated carbocycles. The van der Waals surface area contributed by atoms with Crippen molar-refractivity contribution in [3.05, 3.63) is 36.3 Å². The van der Waals surface area contributed by atoms with Crippen molar-refractivity contribution in [2.75, 3.05) is 5.32 Å². The number of rotatable bonds is 3. The summed E-state index contributed by atoms with van der Waals surface area (Å²) >= 11 is 0. The standard InChI is InChI=1S/C9H9ClFNO2S/c1-6(2)12-9-5-7(15(10,13)14)3-4-8(9)11/h3-5,12H,1H2,2H3. The van der Waals surface area contributed by atoms with E-state index in [0.29, 0.717) is 5.70 Å². The van der Waals surface area contributed by atoms with E-state index in [2.05, 4.69) is 11.9 Å². The van der Waals surface area contributed by atoms with Crippen LogP contribution in [-0.4, -0.2) is 8.42 Å². The fraction of sp³-hybridized carbons (Fsp3) is 0.111. The first-order valence-electron chi connectivity index (χ1n) is 3.97.